The van der Waals surface area contributed by atoms with E-state index in [1.54, 1.807) is 0 Å². The van der Waals surface area contributed by atoms with Crippen LogP contribution in [0.25, 0.3) is 0 Å². The molecule has 3 nitrogen and oxygen atoms in total. The molecule has 2 rings (SSSR count). The van der Waals surface area contributed by atoms with Crippen LogP contribution in [0.3, 0.4) is 0 Å². The summed E-state index contributed by atoms with van der Waals surface area (Å²) < 4.78 is 5.58. The van der Waals surface area contributed by atoms with Gasteiger partial charge in [-0.2, -0.15) is 0 Å². The molecule has 114 valence electrons. The van der Waals surface area contributed by atoms with Gasteiger partial charge in [0, 0.05) is 19.1 Å². The second-order valence-electron chi connectivity index (χ2n) is 5.20. The summed E-state index contributed by atoms with van der Waals surface area (Å²) in [5, 5.41) is 3.46. The number of hydrogen-bond donors (Lipinski definition) is 1. The Balaban J connectivity index is 0.00000200. The summed E-state index contributed by atoms with van der Waals surface area (Å²) in [6.07, 6.45) is 2.48. The van der Waals surface area contributed by atoms with Crippen LogP contribution in [-0.2, 0) is 6.54 Å². The SMILES string of the molecule is CCCN(Cc1cccc(OCC)c1)C1CCNC1.Cl. The fraction of sp³-hybridized carbons (Fsp3) is 0.625. The molecular formula is C16H27ClN2O. The maximum atomic E-state index is 5.58. The van der Waals surface area contributed by atoms with Gasteiger partial charge in [-0.1, -0.05) is 19.1 Å². The lowest BCUT2D eigenvalue weighted by Gasteiger charge is -2.28. The van der Waals surface area contributed by atoms with E-state index < -0.39 is 0 Å². The van der Waals surface area contributed by atoms with E-state index in [0.29, 0.717) is 6.04 Å². The molecule has 1 aromatic rings. The van der Waals surface area contributed by atoms with Crippen molar-refractivity contribution in [1.29, 1.82) is 0 Å². The van der Waals surface area contributed by atoms with Crippen LogP contribution in [0.5, 0.6) is 5.75 Å². The van der Waals surface area contributed by atoms with Crippen LogP contribution in [0.4, 0.5) is 0 Å². The molecule has 0 radical (unpaired) electrons. The molecule has 1 aliphatic rings. The number of ether oxygens (including phenoxy) is 1. The minimum atomic E-state index is 0. The Kier molecular flexibility index (Phi) is 7.97. The van der Waals surface area contributed by atoms with Crippen molar-refractivity contribution in [3.63, 3.8) is 0 Å². The topological polar surface area (TPSA) is 24.5 Å². The van der Waals surface area contributed by atoms with Gasteiger partial charge in [0.15, 0.2) is 0 Å². The first-order chi connectivity index (χ1) is 9.33. The molecule has 0 amide bonds. The van der Waals surface area contributed by atoms with Gasteiger partial charge in [-0.15, -0.1) is 12.4 Å². The smallest absolute Gasteiger partial charge is 0.119 e. The molecule has 1 saturated heterocycles. The Hall–Kier alpha value is -0.770. The molecule has 0 bridgehead atoms. The quantitative estimate of drug-likeness (QED) is 0.837. The lowest BCUT2D eigenvalue weighted by Crippen LogP contribution is -2.36. The van der Waals surface area contributed by atoms with E-state index in [1.165, 1.54) is 24.9 Å². The van der Waals surface area contributed by atoms with E-state index >= 15 is 0 Å². The van der Waals surface area contributed by atoms with E-state index in [1.807, 2.05) is 13.0 Å². The van der Waals surface area contributed by atoms with Gasteiger partial charge < -0.3 is 10.1 Å². The maximum Gasteiger partial charge on any atom is 0.119 e. The Morgan fingerprint density at radius 1 is 1.35 bits per heavy atom. The third-order valence-corrected chi connectivity index (χ3v) is 3.66. The minimum absolute atomic E-state index is 0. The minimum Gasteiger partial charge on any atom is -0.494 e. The fourth-order valence-corrected chi connectivity index (χ4v) is 2.76. The summed E-state index contributed by atoms with van der Waals surface area (Å²) in [5.41, 5.74) is 1.35. The van der Waals surface area contributed by atoms with Gasteiger partial charge in [0.05, 0.1) is 6.61 Å². The first-order valence-corrected chi connectivity index (χ1v) is 7.50. The normalized spacial score (nSPS) is 18.1. The zero-order valence-corrected chi connectivity index (χ0v) is 13.4. The molecule has 20 heavy (non-hydrogen) atoms. The van der Waals surface area contributed by atoms with E-state index in [2.05, 4.69) is 35.3 Å². The van der Waals surface area contributed by atoms with Crippen LogP contribution in [-0.4, -0.2) is 37.2 Å². The van der Waals surface area contributed by atoms with E-state index in [4.69, 9.17) is 4.74 Å². The molecule has 1 heterocycles. The standard InChI is InChI=1S/C16H26N2O.ClH/c1-3-10-18(15-8-9-17-12-15)13-14-6-5-7-16(11-14)19-4-2;/h5-7,11,15,17H,3-4,8-10,12-13H2,1-2H3;1H. The van der Waals surface area contributed by atoms with Crippen molar-refractivity contribution >= 4 is 12.4 Å². The molecule has 0 aromatic heterocycles. The summed E-state index contributed by atoms with van der Waals surface area (Å²) in [7, 11) is 0. The maximum absolute atomic E-state index is 5.58. The molecule has 0 saturated carbocycles. The van der Waals surface area contributed by atoms with Crippen LogP contribution in [0.2, 0.25) is 0 Å². The Bertz CT molecular complexity index is 380. The monoisotopic (exact) mass is 298 g/mol. The van der Waals surface area contributed by atoms with E-state index in [0.717, 1.165) is 32.0 Å². The highest BCUT2D eigenvalue weighted by Gasteiger charge is 2.21. The van der Waals surface area contributed by atoms with E-state index in [9.17, 15) is 0 Å². The van der Waals surface area contributed by atoms with Crippen molar-refractivity contribution < 1.29 is 4.74 Å². The first kappa shape index (κ1) is 17.3. The van der Waals surface area contributed by atoms with Gasteiger partial charge in [-0.05, 0) is 50.6 Å². The second kappa shape index (κ2) is 9.22. The predicted molar refractivity (Wildman–Crippen MR) is 86.8 cm³/mol. The second-order valence-corrected chi connectivity index (χ2v) is 5.20. The molecule has 1 unspecified atom stereocenters. The van der Waals surface area contributed by atoms with Crippen molar-refractivity contribution in [3.8, 4) is 5.75 Å². The zero-order chi connectivity index (χ0) is 13.5. The highest BCUT2D eigenvalue weighted by atomic mass is 35.5. The number of rotatable bonds is 7. The average Bonchev–Trinajstić information content (AvgIpc) is 2.93. The third-order valence-electron chi connectivity index (χ3n) is 3.66. The van der Waals surface area contributed by atoms with Crippen LogP contribution in [0.1, 0.15) is 32.3 Å². The Morgan fingerprint density at radius 2 is 2.20 bits per heavy atom. The third kappa shape index (κ3) is 4.97. The summed E-state index contributed by atoms with van der Waals surface area (Å²) in [6.45, 7) is 9.50. The molecule has 1 aliphatic heterocycles. The summed E-state index contributed by atoms with van der Waals surface area (Å²) >= 11 is 0. The number of hydrogen-bond acceptors (Lipinski definition) is 3. The zero-order valence-electron chi connectivity index (χ0n) is 12.6. The van der Waals surface area contributed by atoms with Crippen LogP contribution in [0.15, 0.2) is 24.3 Å². The van der Waals surface area contributed by atoms with Crippen molar-refractivity contribution in [3.05, 3.63) is 29.8 Å². The van der Waals surface area contributed by atoms with Gasteiger partial charge in [-0.3, -0.25) is 4.90 Å². The Labute approximate surface area is 129 Å². The summed E-state index contributed by atoms with van der Waals surface area (Å²) in [5.74, 6) is 0.987. The highest BCUT2D eigenvalue weighted by molar-refractivity contribution is 5.85. The summed E-state index contributed by atoms with van der Waals surface area (Å²) in [4.78, 5) is 2.60. The van der Waals surface area contributed by atoms with Crippen LogP contribution < -0.4 is 10.1 Å². The fourth-order valence-electron chi connectivity index (χ4n) is 2.76. The highest BCUT2D eigenvalue weighted by Crippen LogP contribution is 2.18. The van der Waals surface area contributed by atoms with Crippen molar-refractivity contribution in [1.82, 2.24) is 10.2 Å². The van der Waals surface area contributed by atoms with Gasteiger partial charge in [0.25, 0.3) is 0 Å². The van der Waals surface area contributed by atoms with Gasteiger partial charge in [-0.25, -0.2) is 0 Å². The lowest BCUT2D eigenvalue weighted by atomic mass is 10.1. The van der Waals surface area contributed by atoms with Crippen molar-refractivity contribution in [2.75, 3.05) is 26.2 Å². The molecule has 0 spiro atoms. The van der Waals surface area contributed by atoms with Gasteiger partial charge >= 0.3 is 0 Å². The summed E-state index contributed by atoms with van der Waals surface area (Å²) in [6, 6.07) is 9.20. The van der Waals surface area contributed by atoms with Crippen LogP contribution in [0, 0.1) is 0 Å². The van der Waals surface area contributed by atoms with Gasteiger partial charge in [0.1, 0.15) is 5.75 Å². The van der Waals surface area contributed by atoms with Crippen LogP contribution >= 0.6 is 12.4 Å². The molecule has 1 aromatic carbocycles. The number of halogens is 1. The van der Waals surface area contributed by atoms with Gasteiger partial charge in [0.2, 0.25) is 0 Å². The predicted octanol–water partition coefficient (Wildman–Crippen LogP) is 3.08. The van der Waals surface area contributed by atoms with Crippen molar-refractivity contribution in [2.45, 2.75) is 39.3 Å². The largest absolute Gasteiger partial charge is 0.494 e. The lowest BCUT2D eigenvalue weighted by molar-refractivity contribution is 0.199. The molecule has 1 N–H and O–H groups in total. The van der Waals surface area contributed by atoms with Crippen molar-refractivity contribution in [2.24, 2.45) is 0 Å². The number of benzene rings is 1. The molecule has 4 heteroatoms. The molecule has 1 fully saturated rings. The first-order valence-electron chi connectivity index (χ1n) is 7.50. The Morgan fingerprint density at radius 3 is 2.85 bits per heavy atom. The molecular weight excluding hydrogens is 272 g/mol. The number of nitrogens with one attached hydrogen (secondary N) is 1. The molecule has 1 atom stereocenters. The van der Waals surface area contributed by atoms with E-state index in [-0.39, 0.29) is 12.4 Å². The average molecular weight is 299 g/mol. The number of nitrogens with zero attached hydrogens (tertiary/aromatic N) is 1. The molecule has 0 aliphatic carbocycles.